The first-order valence-electron chi connectivity index (χ1n) is 45.2. The van der Waals surface area contributed by atoms with Gasteiger partial charge in [-0.1, -0.05) is 316 Å². The van der Waals surface area contributed by atoms with Gasteiger partial charge in [0.05, 0.1) is 62.1 Å². The quantitative estimate of drug-likeness (QED) is 0.110. The van der Waals surface area contributed by atoms with Crippen molar-refractivity contribution in [3.05, 3.63) is 517 Å². The van der Waals surface area contributed by atoms with Crippen LogP contribution in [0.4, 0.5) is 56.9 Å². The summed E-state index contributed by atoms with van der Waals surface area (Å²) >= 11 is 0. The number of aliphatic imine (C=N–C) groups is 1. The lowest BCUT2D eigenvalue weighted by atomic mass is 9.73. The van der Waals surface area contributed by atoms with Gasteiger partial charge in [-0.2, -0.15) is 0 Å². The summed E-state index contributed by atoms with van der Waals surface area (Å²) in [5, 5.41) is 6.06. The Bertz CT molecular complexity index is 7390. The molecule has 0 spiro atoms. The molecular formula is C122H105N9O. The number of allylic oxidation sites excluding steroid dienone is 2. The number of anilines is 10. The SMILES string of the molecule is Cc1c2ccccc2nc2ccccc12.Cc1ccc(-n2ccc3ccccc32)cc1.Cc1ccc(C2N=C3C=CC=CC3N2c2ccccc2)cc1.Cc1ccc(N(c2ccccc2)c2ccccc2)cc1.Cc1ccc2c(c1)N(c1ccccc1)c1ccccc1C2(C)C.Cc1ccc2c(c1)N(c1ccccc1)c1ccccc1O2.Cc1ccc2ccc3cccnc3c2n1. The molecular weight excluding hydrogens is 1610 g/mol. The van der Waals surface area contributed by atoms with Crippen molar-refractivity contribution in [1.82, 2.24) is 19.5 Å². The molecule has 4 aliphatic rings. The number of hydrogen-bond donors (Lipinski definition) is 0. The Morgan fingerprint density at radius 2 is 0.818 bits per heavy atom. The predicted octanol–water partition coefficient (Wildman–Crippen LogP) is 32.3. The molecule has 644 valence electrons. The molecule has 4 aromatic heterocycles. The Morgan fingerprint density at radius 3 is 1.46 bits per heavy atom. The van der Waals surface area contributed by atoms with E-state index in [0.717, 1.165) is 72.8 Å². The second kappa shape index (κ2) is 39.5. The zero-order valence-electron chi connectivity index (χ0n) is 76.0. The van der Waals surface area contributed by atoms with E-state index in [1.807, 2.05) is 79.9 Å². The van der Waals surface area contributed by atoms with E-state index in [-0.39, 0.29) is 17.6 Å². The van der Waals surface area contributed by atoms with Gasteiger partial charge in [-0.15, -0.1) is 0 Å². The van der Waals surface area contributed by atoms with E-state index in [4.69, 9.17) is 9.73 Å². The van der Waals surface area contributed by atoms with E-state index in [0.29, 0.717) is 0 Å². The van der Waals surface area contributed by atoms with Gasteiger partial charge in [-0.05, 0) is 251 Å². The fourth-order valence-electron chi connectivity index (χ4n) is 17.7. The van der Waals surface area contributed by atoms with Crippen LogP contribution in [0.2, 0.25) is 0 Å². The van der Waals surface area contributed by atoms with Crippen molar-refractivity contribution in [3.63, 3.8) is 0 Å². The molecule has 0 saturated carbocycles. The van der Waals surface area contributed by atoms with E-state index in [1.165, 1.54) is 117 Å². The summed E-state index contributed by atoms with van der Waals surface area (Å²) in [6.07, 6.45) is 12.5. The molecule has 0 saturated heterocycles. The monoisotopic (exact) mass is 1710 g/mol. The van der Waals surface area contributed by atoms with Gasteiger partial charge in [0, 0.05) is 84.9 Å². The standard InChI is InChI=1S/C22H21N.C20H18N2.C19H15NO.C19H17N.C15H13N.C14H11N.C13H10N2/c1-16-13-14-19-21(15-16)23(17-9-5-4-6-10-17)20-12-8-7-11-18(20)22(19,2)3;1-15-11-13-16(14-12-15)20-21-18-9-5-6-10-19(18)22(20)17-7-3-2-4-8-17;1-14-11-12-19-17(13-14)20(15-7-3-2-4-8-15)16-9-5-6-10-18(16)21-19;1-16-12-14-19(15-13-16)20(17-8-4-2-5-9-17)18-10-6-3-7-11-18;1-12-6-8-14(9-7-12)16-11-10-13-4-2-3-5-15(13)16;1-10-11-6-2-4-8-13(11)15-14-9-5-3-7-12(10)14;1-9-4-5-11-7-6-10-3-2-8-14-12(10)13(11)15-9/h4-15H,1-3H3;2-14,19-20H,1H3;2-13H,1H3;2-15H,1H3;2-11H,1H3;2-9H,1H3;2-8H,1H3. The maximum atomic E-state index is 6.04. The highest BCUT2D eigenvalue weighted by molar-refractivity contribution is 6.06. The molecule has 24 rings (SSSR count). The Hall–Kier alpha value is -16.3. The topological polar surface area (TPSA) is 78.2 Å². The van der Waals surface area contributed by atoms with E-state index in [1.54, 1.807) is 0 Å². The van der Waals surface area contributed by atoms with Gasteiger partial charge < -0.3 is 28.9 Å². The molecule has 0 N–H and O–H groups in total. The van der Waals surface area contributed by atoms with Crippen molar-refractivity contribution < 1.29 is 4.74 Å². The fraction of sp³-hybridized carbons (Fsp3) is 0.0984. The third-order valence-corrected chi connectivity index (χ3v) is 24.5. The van der Waals surface area contributed by atoms with E-state index >= 15 is 0 Å². The summed E-state index contributed by atoms with van der Waals surface area (Å²) in [6, 6.07) is 148. The summed E-state index contributed by atoms with van der Waals surface area (Å²) in [4.78, 5) is 27.8. The lowest BCUT2D eigenvalue weighted by Gasteiger charge is -2.42. The number of para-hydroxylation sites is 11. The van der Waals surface area contributed by atoms with Crippen LogP contribution >= 0.6 is 0 Å². The lowest BCUT2D eigenvalue weighted by molar-refractivity contribution is 0.477. The van der Waals surface area contributed by atoms with Gasteiger partial charge in [-0.25, -0.2) is 4.98 Å². The molecule has 20 aromatic rings. The lowest BCUT2D eigenvalue weighted by Crippen LogP contribution is -2.35. The number of aryl methyl sites for hydroxylation is 7. The summed E-state index contributed by atoms with van der Waals surface area (Å²) in [5.41, 5.74) is 32.2. The van der Waals surface area contributed by atoms with Gasteiger partial charge in [0.2, 0.25) is 0 Å². The number of ether oxygens (including phenoxy) is 1. The molecule has 3 aliphatic heterocycles. The first-order chi connectivity index (χ1) is 64.6. The smallest absolute Gasteiger partial charge is 0.151 e. The molecule has 0 bridgehead atoms. The number of nitrogens with zero attached hydrogens (tertiary/aromatic N) is 9. The number of hydrogen-bond acceptors (Lipinski definition) is 9. The normalized spacial score (nSPS) is 13.7. The zero-order chi connectivity index (χ0) is 90.4. The fourth-order valence-corrected chi connectivity index (χ4v) is 17.7. The van der Waals surface area contributed by atoms with Crippen LogP contribution in [0.5, 0.6) is 11.5 Å². The summed E-state index contributed by atoms with van der Waals surface area (Å²) < 4.78 is 8.26. The maximum Gasteiger partial charge on any atom is 0.151 e. The number of fused-ring (bicyclic) bond motifs is 11. The second-order valence-corrected chi connectivity index (χ2v) is 34.2. The highest BCUT2D eigenvalue weighted by Crippen LogP contribution is 2.53. The highest BCUT2D eigenvalue weighted by Gasteiger charge is 2.38. The molecule has 2 atom stereocenters. The molecule has 1 aliphatic carbocycles. The van der Waals surface area contributed by atoms with E-state index in [9.17, 15) is 0 Å². The molecule has 10 nitrogen and oxygen atoms in total. The number of aromatic nitrogens is 4. The molecule has 7 heterocycles. The van der Waals surface area contributed by atoms with Gasteiger partial charge in [0.15, 0.2) is 11.5 Å². The van der Waals surface area contributed by atoms with Gasteiger partial charge in [0.1, 0.15) is 6.17 Å². The van der Waals surface area contributed by atoms with Gasteiger partial charge in [0.25, 0.3) is 0 Å². The van der Waals surface area contributed by atoms with Crippen LogP contribution in [0.25, 0.3) is 60.2 Å². The Morgan fingerprint density at radius 1 is 0.341 bits per heavy atom. The third kappa shape index (κ3) is 19.0. The third-order valence-electron chi connectivity index (χ3n) is 24.5. The first-order valence-corrected chi connectivity index (χ1v) is 45.2. The minimum atomic E-state index is 0.00487. The predicted molar refractivity (Wildman–Crippen MR) is 556 cm³/mol. The van der Waals surface area contributed by atoms with Crippen molar-refractivity contribution in [2.45, 2.75) is 79.9 Å². The summed E-state index contributed by atoms with van der Waals surface area (Å²) in [5.74, 6) is 1.78. The van der Waals surface area contributed by atoms with Crippen LogP contribution in [0.1, 0.15) is 75.8 Å². The molecule has 2 unspecified atom stereocenters. The van der Waals surface area contributed by atoms with Crippen molar-refractivity contribution >= 4 is 117 Å². The molecule has 16 aromatic carbocycles. The van der Waals surface area contributed by atoms with E-state index in [2.05, 4.69) is 483 Å². The molecule has 0 amide bonds. The minimum absolute atomic E-state index is 0.00487. The largest absolute Gasteiger partial charge is 0.453 e. The number of rotatable bonds is 8. The first kappa shape index (κ1) is 86.4. The van der Waals surface area contributed by atoms with Crippen LogP contribution in [0.15, 0.2) is 466 Å². The van der Waals surface area contributed by atoms with Gasteiger partial charge >= 0.3 is 0 Å². The van der Waals surface area contributed by atoms with Crippen LogP contribution in [-0.4, -0.2) is 31.3 Å². The van der Waals surface area contributed by atoms with Crippen LogP contribution in [0.3, 0.4) is 0 Å². The molecule has 132 heavy (non-hydrogen) atoms. The van der Waals surface area contributed by atoms with Crippen molar-refractivity contribution in [2.24, 2.45) is 4.99 Å². The van der Waals surface area contributed by atoms with Crippen LogP contribution < -0.4 is 24.3 Å². The average Bonchev–Trinajstić information content (AvgIpc) is 0.757. The molecule has 0 fully saturated rings. The van der Waals surface area contributed by atoms with Crippen LogP contribution in [0, 0.1) is 48.5 Å². The van der Waals surface area contributed by atoms with Crippen molar-refractivity contribution in [1.29, 1.82) is 0 Å². The average molecular weight is 1710 g/mol. The van der Waals surface area contributed by atoms with Crippen molar-refractivity contribution in [2.75, 3.05) is 19.6 Å². The zero-order valence-corrected chi connectivity index (χ0v) is 76.0. The minimum Gasteiger partial charge on any atom is -0.453 e. The molecule has 0 radical (unpaired) electrons. The summed E-state index contributed by atoms with van der Waals surface area (Å²) in [7, 11) is 0. The summed E-state index contributed by atoms with van der Waals surface area (Å²) in [6.45, 7) is 19.4. The Balaban J connectivity index is 0.000000104. The highest BCUT2D eigenvalue weighted by atomic mass is 16.5. The van der Waals surface area contributed by atoms with Crippen molar-refractivity contribution in [3.8, 4) is 17.2 Å². The van der Waals surface area contributed by atoms with Gasteiger partial charge in [-0.3, -0.25) is 15.0 Å². The maximum absolute atomic E-state index is 6.04. The van der Waals surface area contributed by atoms with Crippen LogP contribution in [-0.2, 0) is 5.41 Å². The Labute approximate surface area is 775 Å². The van der Waals surface area contributed by atoms with E-state index < -0.39 is 0 Å². The second-order valence-electron chi connectivity index (χ2n) is 34.2. The number of benzene rings is 16. The number of pyridine rings is 3. The Kier molecular flexibility index (Phi) is 25.9. The molecule has 10 heteroatoms.